The third kappa shape index (κ3) is 3.70. The van der Waals surface area contributed by atoms with E-state index in [0.29, 0.717) is 28.6 Å². The largest absolute Gasteiger partial charge is 0.493 e. The van der Waals surface area contributed by atoms with Crippen molar-refractivity contribution in [2.75, 3.05) is 33.6 Å². The Labute approximate surface area is 162 Å². The number of methoxy groups -OCH3 is 3. The van der Waals surface area contributed by atoms with E-state index >= 15 is 0 Å². The van der Waals surface area contributed by atoms with Gasteiger partial charge in [0, 0.05) is 11.5 Å². The molecule has 0 saturated heterocycles. The van der Waals surface area contributed by atoms with Crippen LogP contribution in [0.3, 0.4) is 0 Å². The van der Waals surface area contributed by atoms with Crippen LogP contribution in [0.1, 0.15) is 21.5 Å². The second-order valence-electron chi connectivity index (χ2n) is 6.25. The molecule has 2 N–H and O–H groups in total. The molecule has 1 aliphatic heterocycles. The zero-order valence-electron chi connectivity index (χ0n) is 15.6. The number of amides is 1. The van der Waals surface area contributed by atoms with Crippen molar-refractivity contribution in [1.29, 1.82) is 0 Å². The lowest BCUT2D eigenvalue weighted by Gasteiger charge is -2.34. The van der Waals surface area contributed by atoms with Crippen LogP contribution in [0.25, 0.3) is 0 Å². The Morgan fingerprint density at radius 1 is 1.11 bits per heavy atom. The standard InChI is InChI=1S/C20H23NO5S/c1-24-16-9-8-14(17(25-2)18(16)26-3)19(22)21-11-20(23)12-27-10-13-6-4-5-7-15(13)20/h4-9,23H,10-12H2,1-3H3,(H,21,22). The van der Waals surface area contributed by atoms with Crippen molar-refractivity contribution < 1.29 is 24.1 Å². The van der Waals surface area contributed by atoms with Gasteiger partial charge in [-0.25, -0.2) is 0 Å². The summed E-state index contributed by atoms with van der Waals surface area (Å²) >= 11 is 1.65. The highest BCUT2D eigenvalue weighted by Crippen LogP contribution is 2.40. The van der Waals surface area contributed by atoms with Crippen LogP contribution in [0.4, 0.5) is 0 Å². The number of ether oxygens (including phenoxy) is 3. The molecule has 0 aliphatic carbocycles. The Balaban J connectivity index is 1.83. The summed E-state index contributed by atoms with van der Waals surface area (Å²) in [6.45, 7) is 0.105. The summed E-state index contributed by atoms with van der Waals surface area (Å²) in [4.78, 5) is 12.8. The molecule has 0 saturated carbocycles. The van der Waals surface area contributed by atoms with Crippen LogP contribution in [0.15, 0.2) is 36.4 Å². The highest BCUT2D eigenvalue weighted by molar-refractivity contribution is 7.98. The summed E-state index contributed by atoms with van der Waals surface area (Å²) in [5.74, 6) is 2.14. The molecular weight excluding hydrogens is 366 g/mol. The number of thioether (sulfide) groups is 1. The quantitative estimate of drug-likeness (QED) is 0.791. The van der Waals surface area contributed by atoms with Crippen LogP contribution < -0.4 is 19.5 Å². The van der Waals surface area contributed by atoms with Crippen molar-refractivity contribution in [1.82, 2.24) is 5.32 Å². The zero-order chi connectivity index (χ0) is 19.4. The van der Waals surface area contributed by atoms with Crippen LogP contribution in [0, 0.1) is 0 Å². The van der Waals surface area contributed by atoms with Crippen LogP contribution in [0.2, 0.25) is 0 Å². The predicted octanol–water partition coefficient (Wildman–Crippen LogP) is 2.58. The Kier molecular flexibility index (Phi) is 5.82. The molecule has 0 aromatic heterocycles. The van der Waals surface area contributed by atoms with Gasteiger partial charge in [0.15, 0.2) is 11.5 Å². The van der Waals surface area contributed by atoms with Gasteiger partial charge in [0.2, 0.25) is 5.75 Å². The molecule has 0 fully saturated rings. The second-order valence-corrected chi connectivity index (χ2v) is 7.23. The molecule has 6 nitrogen and oxygen atoms in total. The summed E-state index contributed by atoms with van der Waals surface area (Å²) in [6, 6.07) is 11.0. The van der Waals surface area contributed by atoms with E-state index in [2.05, 4.69) is 5.32 Å². The van der Waals surface area contributed by atoms with Crippen LogP contribution >= 0.6 is 11.8 Å². The summed E-state index contributed by atoms with van der Waals surface area (Å²) in [5, 5.41) is 14.0. The molecule has 2 aromatic carbocycles. The first-order valence-corrected chi connectivity index (χ1v) is 9.65. The molecule has 27 heavy (non-hydrogen) atoms. The maximum Gasteiger partial charge on any atom is 0.255 e. The molecule has 0 spiro atoms. The number of carbonyl (C=O) groups excluding carboxylic acids is 1. The highest BCUT2D eigenvalue weighted by Gasteiger charge is 2.35. The van der Waals surface area contributed by atoms with Crippen molar-refractivity contribution in [3.63, 3.8) is 0 Å². The Morgan fingerprint density at radius 2 is 1.85 bits per heavy atom. The lowest BCUT2D eigenvalue weighted by atomic mass is 9.91. The minimum Gasteiger partial charge on any atom is -0.493 e. The Bertz CT molecular complexity index is 841. The summed E-state index contributed by atoms with van der Waals surface area (Å²) in [7, 11) is 4.47. The van der Waals surface area contributed by atoms with Crippen molar-refractivity contribution in [3.05, 3.63) is 53.1 Å². The maximum atomic E-state index is 12.8. The summed E-state index contributed by atoms with van der Waals surface area (Å²) in [5.41, 5.74) is 1.16. The minimum atomic E-state index is -1.11. The first kappa shape index (κ1) is 19.4. The average molecular weight is 389 g/mol. The Morgan fingerprint density at radius 3 is 2.56 bits per heavy atom. The molecule has 1 atom stereocenters. The number of hydrogen-bond donors (Lipinski definition) is 2. The van der Waals surface area contributed by atoms with Crippen molar-refractivity contribution in [3.8, 4) is 17.2 Å². The van der Waals surface area contributed by atoms with Crippen molar-refractivity contribution in [2.24, 2.45) is 0 Å². The van der Waals surface area contributed by atoms with Gasteiger partial charge in [-0.15, -0.1) is 0 Å². The van der Waals surface area contributed by atoms with E-state index in [1.54, 1.807) is 23.9 Å². The highest BCUT2D eigenvalue weighted by atomic mass is 32.2. The molecule has 1 amide bonds. The van der Waals surface area contributed by atoms with E-state index in [4.69, 9.17) is 14.2 Å². The van der Waals surface area contributed by atoms with Gasteiger partial charge in [-0.2, -0.15) is 11.8 Å². The maximum absolute atomic E-state index is 12.8. The first-order valence-electron chi connectivity index (χ1n) is 8.49. The monoisotopic (exact) mass is 389 g/mol. The fourth-order valence-corrected chi connectivity index (χ4v) is 4.42. The van der Waals surface area contributed by atoms with Gasteiger partial charge in [-0.1, -0.05) is 24.3 Å². The number of carbonyl (C=O) groups is 1. The minimum absolute atomic E-state index is 0.105. The van der Waals surface area contributed by atoms with E-state index in [1.165, 1.54) is 21.3 Å². The topological polar surface area (TPSA) is 77.0 Å². The number of aliphatic hydroxyl groups is 1. The van der Waals surface area contributed by atoms with Gasteiger partial charge in [-0.05, 0) is 23.3 Å². The van der Waals surface area contributed by atoms with E-state index in [1.807, 2.05) is 24.3 Å². The van der Waals surface area contributed by atoms with Crippen molar-refractivity contribution in [2.45, 2.75) is 11.4 Å². The normalized spacial score (nSPS) is 18.4. The third-order valence-corrected chi connectivity index (χ3v) is 5.80. The molecule has 7 heteroatoms. The molecule has 3 rings (SSSR count). The fraction of sp³-hybridized carbons (Fsp3) is 0.350. The van der Waals surface area contributed by atoms with Crippen LogP contribution in [0.5, 0.6) is 17.2 Å². The van der Waals surface area contributed by atoms with Gasteiger partial charge in [0.1, 0.15) is 5.60 Å². The molecule has 0 bridgehead atoms. The van der Waals surface area contributed by atoms with Gasteiger partial charge >= 0.3 is 0 Å². The van der Waals surface area contributed by atoms with Gasteiger partial charge in [0.05, 0.1) is 33.4 Å². The average Bonchev–Trinajstić information content (AvgIpc) is 2.71. The van der Waals surface area contributed by atoms with E-state index in [0.717, 1.165) is 16.9 Å². The number of benzene rings is 2. The summed E-state index contributed by atoms with van der Waals surface area (Å²) < 4.78 is 15.9. The lowest BCUT2D eigenvalue weighted by molar-refractivity contribution is 0.0551. The first-order chi connectivity index (χ1) is 13.0. The fourth-order valence-electron chi connectivity index (χ4n) is 3.26. The molecule has 144 valence electrons. The van der Waals surface area contributed by atoms with Crippen molar-refractivity contribution >= 4 is 17.7 Å². The molecule has 1 unspecified atom stereocenters. The second kappa shape index (κ2) is 8.10. The molecule has 1 aliphatic rings. The lowest BCUT2D eigenvalue weighted by Crippen LogP contribution is -2.44. The van der Waals surface area contributed by atoms with Gasteiger partial charge < -0.3 is 24.6 Å². The molecule has 2 aromatic rings. The van der Waals surface area contributed by atoms with E-state index < -0.39 is 5.60 Å². The number of fused-ring (bicyclic) bond motifs is 1. The zero-order valence-corrected chi connectivity index (χ0v) is 16.4. The summed E-state index contributed by atoms with van der Waals surface area (Å²) in [6.07, 6.45) is 0. The SMILES string of the molecule is COc1ccc(C(=O)NCC2(O)CSCc3ccccc32)c(OC)c1OC. The van der Waals surface area contributed by atoms with Gasteiger partial charge in [-0.3, -0.25) is 4.79 Å². The number of nitrogens with one attached hydrogen (secondary N) is 1. The Hall–Kier alpha value is -2.38. The van der Waals surface area contributed by atoms with E-state index in [-0.39, 0.29) is 12.5 Å². The molecule has 0 radical (unpaired) electrons. The third-order valence-electron chi connectivity index (χ3n) is 4.61. The predicted molar refractivity (Wildman–Crippen MR) is 105 cm³/mol. The van der Waals surface area contributed by atoms with Crippen LogP contribution in [-0.4, -0.2) is 44.6 Å². The van der Waals surface area contributed by atoms with E-state index in [9.17, 15) is 9.90 Å². The molecule has 1 heterocycles. The smallest absolute Gasteiger partial charge is 0.255 e. The molecular formula is C20H23NO5S. The number of hydrogen-bond acceptors (Lipinski definition) is 6. The van der Waals surface area contributed by atoms with Crippen LogP contribution in [-0.2, 0) is 11.4 Å². The van der Waals surface area contributed by atoms with Gasteiger partial charge in [0.25, 0.3) is 5.91 Å². The number of rotatable bonds is 6.